The number of hydrogen-bond donors (Lipinski definition) is 1. The van der Waals surface area contributed by atoms with E-state index in [1.807, 2.05) is 60.3 Å². The molecule has 0 saturated carbocycles. The van der Waals surface area contributed by atoms with Gasteiger partial charge in [0.15, 0.2) is 0 Å². The summed E-state index contributed by atoms with van der Waals surface area (Å²) in [5, 5.41) is 2.83. The number of benzene rings is 2. The molecule has 3 nitrogen and oxygen atoms in total. The Bertz CT molecular complexity index is 810. The quantitative estimate of drug-likeness (QED) is 0.734. The summed E-state index contributed by atoms with van der Waals surface area (Å²) in [6, 6.07) is 17.7. The second-order valence-electron chi connectivity index (χ2n) is 5.76. The number of anilines is 1. The number of rotatable bonds is 5. The molecule has 0 spiro atoms. The molecule has 3 rings (SSSR count). The fourth-order valence-corrected chi connectivity index (χ4v) is 2.81. The Morgan fingerprint density at radius 3 is 2.38 bits per heavy atom. The molecule has 3 aromatic rings. The van der Waals surface area contributed by atoms with Crippen LogP contribution in [0.3, 0.4) is 0 Å². The molecule has 1 amide bonds. The third-order valence-corrected chi connectivity index (χ3v) is 4.04. The molecule has 0 saturated heterocycles. The highest BCUT2D eigenvalue weighted by atomic mass is 19.1. The average Bonchev–Trinajstić information content (AvgIpc) is 3.10. The Hall–Kier alpha value is -2.88. The van der Waals surface area contributed by atoms with Crippen LogP contribution in [0.5, 0.6) is 0 Å². The largest absolute Gasteiger partial charge is 0.346 e. The van der Waals surface area contributed by atoms with Gasteiger partial charge in [-0.2, -0.15) is 0 Å². The van der Waals surface area contributed by atoms with Crippen LogP contribution in [0, 0.1) is 12.7 Å². The Morgan fingerprint density at radius 1 is 1.04 bits per heavy atom. The minimum absolute atomic E-state index is 0.0818. The normalized spacial score (nSPS) is 11.9. The Morgan fingerprint density at radius 2 is 1.71 bits per heavy atom. The summed E-state index contributed by atoms with van der Waals surface area (Å²) in [4.78, 5) is 12.5. The summed E-state index contributed by atoms with van der Waals surface area (Å²) in [6.45, 7) is 2.05. The van der Waals surface area contributed by atoms with Crippen LogP contribution in [0.15, 0.2) is 73.1 Å². The fourth-order valence-electron chi connectivity index (χ4n) is 2.81. The van der Waals surface area contributed by atoms with Gasteiger partial charge in [0.2, 0.25) is 5.91 Å². The minimum Gasteiger partial charge on any atom is -0.346 e. The SMILES string of the molecule is Cc1ccccc1[C@H](CC(=O)Nc1ccc(F)cc1)n1cccc1. The maximum Gasteiger partial charge on any atom is 0.226 e. The monoisotopic (exact) mass is 322 g/mol. The number of carbonyl (C=O) groups is 1. The van der Waals surface area contributed by atoms with Gasteiger partial charge in [-0.05, 0) is 54.4 Å². The van der Waals surface area contributed by atoms with Crippen molar-refractivity contribution in [2.75, 3.05) is 5.32 Å². The average molecular weight is 322 g/mol. The van der Waals surface area contributed by atoms with Gasteiger partial charge < -0.3 is 9.88 Å². The molecule has 1 N–H and O–H groups in total. The highest BCUT2D eigenvalue weighted by molar-refractivity contribution is 5.91. The summed E-state index contributed by atoms with van der Waals surface area (Å²) in [7, 11) is 0. The van der Waals surface area contributed by atoms with Gasteiger partial charge in [0, 0.05) is 18.1 Å². The lowest BCUT2D eigenvalue weighted by Gasteiger charge is -2.21. The predicted molar refractivity (Wildman–Crippen MR) is 93.4 cm³/mol. The van der Waals surface area contributed by atoms with Crippen LogP contribution >= 0.6 is 0 Å². The summed E-state index contributed by atoms with van der Waals surface area (Å²) >= 11 is 0. The molecule has 0 aliphatic carbocycles. The predicted octanol–water partition coefficient (Wildman–Crippen LogP) is 4.55. The van der Waals surface area contributed by atoms with Crippen molar-refractivity contribution in [1.29, 1.82) is 0 Å². The van der Waals surface area contributed by atoms with E-state index in [4.69, 9.17) is 0 Å². The molecule has 24 heavy (non-hydrogen) atoms. The molecular weight excluding hydrogens is 303 g/mol. The van der Waals surface area contributed by atoms with E-state index in [1.54, 1.807) is 12.1 Å². The molecule has 0 aliphatic heterocycles. The zero-order valence-electron chi connectivity index (χ0n) is 13.4. The van der Waals surface area contributed by atoms with E-state index in [-0.39, 0.29) is 17.8 Å². The third kappa shape index (κ3) is 3.71. The Kier molecular flexibility index (Phi) is 4.75. The zero-order valence-corrected chi connectivity index (χ0v) is 13.4. The van der Waals surface area contributed by atoms with Crippen LogP contribution in [-0.2, 0) is 4.79 Å². The van der Waals surface area contributed by atoms with Crippen LogP contribution in [0.2, 0.25) is 0 Å². The summed E-state index contributed by atoms with van der Waals surface area (Å²) in [6.07, 6.45) is 4.22. The second kappa shape index (κ2) is 7.13. The topological polar surface area (TPSA) is 34.0 Å². The number of nitrogens with zero attached hydrogens (tertiary/aromatic N) is 1. The lowest BCUT2D eigenvalue weighted by atomic mass is 9.98. The molecule has 1 aromatic heterocycles. The van der Waals surface area contributed by atoms with Crippen molar-refractivity contribution < 1.29 is 9.18 Å². The number of amides is 1. The summed E-state index contributed by atoms with van der Waals surface area (Å²) in [5.74, 6) is -0.429. The van der Waals surface area contributed by atoms with Gasteiger partial charge in [-0.3, -0.25) is 4.79 Å². The number of carbonyl (C=O) groups excluding carboxylic acids is 1. The minimum atomic E-state index is -0.321. The lowest BCUT2D eigenvalue weighted by Crippen LogP contribution is -2.20. The Balaban J connectivity index is 1.81. The van der Waals surface area contributed by atoms with Crippen molar-refractivity contribution in [1.82, 2.24) is 4.57 Å². The van der Waals surface area contributed by atoms with E-state index in [9.17, 15) is 9.18 Å². The Labute approximate surface area is 140 Å². The highest BCUT2D eigenvalue weighted by Crippen LogP contribution is 2.26. The van der Waals surface area contributed by atoms with E-state index >= 15 is 0 Å². The molecule has 0 bridgehead atoms. The van der Waals surface area contributed by atoms with Crippen molar-refractivity contribution in [2.45, 2.75) is 19.4 Å². The van der Waals surface area contributed by atoms with E-state index < -0.39 is 0 Å². The van der Waals surface area contributed by atoms with E-state index in [0.717, 1.165) is 11.1 Å². The first kappa shape index (κ1) is 16.0. The van der Waals surface area contributed by atoms with Crippen LogP contribution in [-0.4, -0.2) is 10.5 Å². The van der Waals surface area contributed by atoms with E-state index in [0.29, 0.717) is 12.1 Å². The van der Waals surface area contributed by atoms with Crippen LogP contribution < -0.4 is 5.32 Å². The van der Waals surface area contributed by atoms with Gasteiger partial charge in [0.1, 0.15) is 5.82 Å². The molecule has 1 atom stereocenters. The van der Waals surface area contributed by atoms with Crippen molar-refractivity contribution >= 4 is 11.6 Å². The van der Waals surface area contributed by atoms with Crippen molar-refractivity contribution in [2.24, 2.45) is 0 Å². The van der Waals surface area contributed by atoms with Gasteiger partial charge >= 0.3 is 0 Å². The first-order chi connectivity index (χ1) is 11.6. The number of halogens is 1. The number of hydrogen-bond acceptors (Lipinski definition) is 1. The number of aryl methyl sites for hydroxylation is 1. The standard InChI is InChI=1S/C20H19FN2O/c1-15-6-2-3-7-18(15)19(23-12-4-5-13-23)14-20(24)22-17-10-8-16(21)9-11-17/h2-13,19H,14H2,1H3,(H,22,24)/t19-/m0/s1. The second-order valence-corrected chi connectivity index (χ2v) is 5.76. The van der Waals surface area contributed by atoms with Gasteiger partial charge in [0.05, 0.1) is 12.5 Å². The molecule has 4 heteroatoms. The molecule has 0 unspecified atom stereocenters. The first-order valence-corrected chi connectivity index (χ1v) is 7.87. The van der Waals surface area contributed by atoms with Gasteiger partial charge in [0.25, 0.3) is 0 Å². The number of nitrogens with one attached hydrogen (secondary N) is 1. The summed E-state index contributed by atoms with van der Waals surface area (Å²) in [5.41, 5.74) is 2.85. The molecule has 0 fully saturated rings. The van der Waals surface area contributed by atoms with E-state index in [2.05, 4.69) is 5.32 Å². The van der Waals surface area contributed by atoms with Gasteiger partial charge in [-0.25, -0.2) is 4.39 Å². The zero-order chi connectivity index (χ0) is 16.9. The molecule has 1 heterocycles. The molecule has 0 radical (unpaired) electrons. The molecule has 122 valence electrons. The van der Waals surface area contributed by atoms with Gasteiger partial charge in [-0.1, -0.05) is 24.3 Å². The molecule has 0 aliphatic rings. The molecule has 2 aromatic carbocycles. The third-order valence-electron chi connectivity index (χ3n) is 4.04. The van der Waals surface area contributed by atoms with Crippen molar-refractivity contribution in [3.05, 3.63) is 90.0 Å². The lowest BCUT2D eigenvalue weighted by molar-refractivity contribution is -0.116. The van der Waals surface area contributed by atoms with Crippen LogP contribution in [0.25, 0.3) is 0 Å². The van der Waals surface area contributed by atoms with Crippen molar-refractivity contribution in [3.8, 4) is 0 Å². The molecular formula is C20H19FN2O. The maximum atomic E-state index is 13.0. The smallest absolute Gasteiger partial charge is 0.226 e. The maximum absolute atomic E-state index is 13.0. The summed E-state index contributed by atoms with van der Waals surface area (Å²) < 4.78 is 15.0. The number of aromatic nitrogens is 1. The first-order valence-electron chi connectivity index (χ1n) is 7.87. The fraction of sp³-hybridized carbons (Fsp3) is 0.150. The van der Waals surface area contributed by atoms with Gasteiger partial charge in [-0.15, -0.1) is 0 Å². The van der Waals surface area contributed by atoms with Crippen LogP contribution in [0.4, 0.5) is 10.1 Å². The van der Waals surface area contributed by atoms with Crippen LogP contribution in [0.1, 0.15) is 23.6 Å². The van der Waals surface area contributed by atoms with Crippen molar-refractivity contribution in [3.63, 3.8) is 0 Å². The van der Waals surface area contributed by atoms with E-state index in [1.165, 1.54) is 12.1 Å². The highest BCUT2D eigenvalue weighted by Gasteiger charge is 2.19.